The molecule has 1 N–H and O–H groups in total. The van der Waals surface area contributed by atoms with Crippen LogP contribution >= 0.6 is 24.0 Å². The van der Waals surface area contributed by atoms with E-state index in [2.05, 4.69) is 15.5 Å². The van der Waals surface area contributed by atoms with Crippen molar-refractivity contribution < 1.29 is 9.45 Å². The summed E-state index contributed by atoms with van der Waals surface area (Å²) < 4.78 is 5.17. The SMILES string of the molecule is CNC(C)Cc1noc(Cc2ccc([N+](=O)[O-])cc2Cl)n1.Cl. The second-order valence-electron chi connectivity index (χ2n) is 4.71. The second-order valence-corrected chi connectivity index (χ2v) is 5.11. The van der Waals surface area contributed by atoms with Crippen LogP contribution in [0.1, 0.15) is 24.2 Å². The molecule has 0 aliphatic carbocycles. The minimum absolute atomic E-state index is 0. The Labute approximate surface area is 138 Å². The topological polar surface area (TPSA) is 94.1 Å². The summed E-state index contributed by atoms with van der Waals surface area (Å²) in [4.78, 5) is 14.5. The lowest BCUT2D eigenvalue weighted by molar-refractivity contribution is -0.384. The smallest absolute Gasteiger partial charge is 0.270 e. The summed E-state index contributed by atoms with van der Waals surface area (Å²) in [5.74, 6) is 1.05. The van der Waals surface area contributed by atoms with Crippen LogP contribution in [-0.4, -0.2) is 28.2 Å². The van der Waals surface area contributed by atoms with Crippen molar-refractivity contribution in [2.24, 2.45) is 0 Å². The second kappa shape index (κ2) is 8.07. The first-order valence-electron chi connectivity index (χ1n) is 6.41. The minimum Gasteiger partial charge on any atom is -0.339 e. The van der Waals surface area contributed by atoms with Crippen LogP contribution in [0.5, 0.6) is 0 Å². The molecule has 0 aliphatic heterocycles. The number of hydrogen-bond acceptors (Lipinski definition) is 6. The Balaban J connectivity index is 0.00000242. The third-order valence-corrected chi connectivity index (χ3v) is 3.43. The molecule has 1 unspecified atom stereocenters. The predicted octanol–water partition coefficient (Wildman–Crippen LogP) is 2.79. The summed E-state index contributed by atoms with van der Waals surface area (Å²) in [6.45, 7) is 2.02. The number of benzene rings is 1. The van der Waals surface area contributed by atoms with Gasteiger partial charge in [-0.05, 0) is 19.5 Å². The van der Waals surface area contributed by atoms with Gasteiger partial charge in [0.05, 0.1) is 16.4 Å². The van der Waals surface area contributed by atoms with E-state index in [0.717, 1.165) is 0 Å². The zero-order valence-electron chi connectivity index (χ0n) is 12.1. The van der Waals surface area contributed by atoms with Crippen LogP contribution < -0.4 is 5.32 Å². The number of nitro benzene ring substituents is 1. The molecule has 0 aliphatic rings. The van der Waals surface area contributed by atoms with E-state index in [1.54, 1.807) is 6.07 Å². The van der Waals surface area contributed by atoms with Crippen molar-refractivity contribution in [1.82, 2.24) is 15.5 Å². The normalized spacial score (nSPS) is 11.8. The molecule has 1 heterocycles. The number of nitrogens with one attached hydrogen (secondary N) is 1. The molecule has 1 atom stereocenters. The highest BCUT2D eigenvalue weighted by atomic mass is 35.5. The lowest BCUT2D eigenvalue weighted by Gasteiger charge is -2.04. The van der Waals surface area contributed by atoms with Crippen LogP contribution in [0.4, 0.5) is 5.69 Å². The summed E-state index contributed by atoms with van der Waals surface area (Å²) in [7, 11) is 1.86. The first kappa shape index (κ1) is 18.3. The summed E-state index contributed by atoms with van der Waals surface area (Å²) >= 11 is 6.03. The molecule has 2 aromatic rings. The molecule has 0 saturated carbocycles. The van der Waals surface area contributed by atoms with Gasteiger partial charge in [-0.25, -0.2) is 0 Å². The van der Waals surface area contributed by atoms with Gasteiger partial charge in [-0.15, -0.1) is 12.4 Å². The lowest BCUT2D eigenvalue weighted by atomic mass is 10.1. The van der Waals surface area contributed by atoms with E-state index in [1.165, 1.54) is 12.1 Å². The maximum Gasteiger partial charge on any atom is 0.270 e. The Hall–Kier alpha value is -1.70. The number of likely N-dealkylation sites (N-methyl/N-ethyl adjacent to an activating group) is 1. The van der Waals surface area contributed by atoms with Gasteiger partial charge in [0.1, 0.15) is 0 Å². The quantitative estimate of drug-likeness (QED) is 0.638. The minimum atomic E-state index is -0.487. The summed E-state index contributed by atoms with van der Waals surface area (Å²) in [6, 6.07) is 4.57. The number of hydrogen-bond donors (Lipinski definition) is 1. The number of rotatable bonds is 6. The van der Waals surface area contributed by atoms with E-state index in [0.29, 0.717) is 35.1 Å². The molecule has 0 spiro atoms. The molecule has 0 fully saturated rings. The number of nitro groups is 1. The lowest BCUT2D eigenvalue weighted by Crippen LogP contribution is -2.24. The highest BCUT2D eigenvalue weighted by Gasteiger charge is 2.14. The van der Waals surface area contributed by atoms with Crippen LogP contribution in [-0.2, 0) is 12.8 Å². The molecular formula is C13H16Cl2N4O3. The molecule has 9 heteroatoms. The van der Waals surface area contributed by atoms with Crippen LogP contribution in [0.2, 0.25) is 5.02 Å². The van der Waals surface area contributed by atoms with Gasteiger partial charge < -0.3 is 9.84 Å². The Morgan fingerprint density at radius 3 is 2.82 bits per heavy atom. The Bertz CT molecular complexity index is 648. The van der Waals surface area contributed by atoms with Gasteiger partial charge in [0.2, 0.25) is 5.89 Å². The molecule has 7 nitrogen and oxygen atoms in total. The molecule has 1 aromatic heterocycles. The molecule has 0 bridgehead atoms. The van der Waals surface area contributed by atoms with E-state index in [1.807, 2.05) is 14.0 Å². The van der Waals surface area contributed by atoms with E-state index >= 15 is 0 Å². The number of aromatic nitrogens is 2. The van der Waals surface area contributed by atoms with Gasteiger partial charge in [-0.3, -0.25) is 10.1 Å². The van der Waals surface area contributed by atoms with Crippen molar-refractivity contribution in [2.75, 3.05) is 7.05 Å². The Morgan fingerprint density at radius 2 is 2.23 bits per heavy atom. The van der Waals surface area contributed by atoms with Crippen molar-refractivity contribution in [3.63, 3.8) is 0 Å². The van der Waals surface area contributed by atoms with E-state index in [4.69, 9.17) is 16.1 Å². The van der Waals surface area contributed by atoms with Gasteiger partial charge in [0.15, 0.2) is 5.82 Å². The van der Waals surface area contributed by atoms with E-state index < -0.39 is 4.92 Å². The van der Waals surface area contributed by atoms with Gasteiger partial charge in [-0.1, -0.05) is 22.8 Å². The van der Waals surface area contributed by atoms with Crippen LogP contribution in [0.25, 0.3) is 0 Å². The van der Waals surface area contributed by atoms with Gasteiger partial charge in [0, 0.05) is 24.6 Å². The van der Waals surface area contributed by atoms with Crippen LogP contribution in [0.3, 0.4) is 0 Å². The molecule has 22 heavy (non-hydrogen) atoms. The summed E-state index contributed by atoms with van der Waals surface area (Å²) in [5.41, 5.74) is 0.664. The van der Waals surface area contributed by atoms with Crippen molar-refractivity contribution in [3.8, 4) is 0 Å². The van der Waals surface area contributed by atoms with Crippen molar-refractivity contribution >= 4 is 29.7 Å². The molecule has 0 radical (unpaired) electrons. The van der Waals surface area contributed by atoms with Crippen molar-refractivity contribution in [1.29, 1.82) is 0 Å². The highest BCUT2D eigenvalue weighted by Crippen LogP contribution is 2.24. The number of halogens is 2. The fraction of sp³-hybridized carbons (Fsp3) is 0.385. The Kier molecular flexibility index (Phi) is 6.73. The zero-order valence-corrected chi connectivity index (χ0v) is 13.6. The fourth-order valence-electron chi connectivity index (χ4n) is 1.78. The Morgan fingerprint density at radius 1 is 1.50 bits per heavy atom. The van der Waals surface area contributed by atoms with Gasteiger partial charge in [0.25, 0.3) is 5.69 Å². The van der Waals surface area contributed by atoms with Crippen molar-refractivity contribution in [3.05, 3.63) is 50.6 Å². The van der Waals surface area contributed by atoms with E-state index in [-0.39, 0.29) is 24.1 Å². The first-order chi connectivity index (χ1) is 9.99. The third-order valence-electron chi connectivity index (χ3n) is 3.08. The maximum absolute atomic E-state index is 10.7. The largest absolute Gasteiger partial charge is 0.339 e. The molecule has 120 valence electrons. The monoisotopic (exact) mass is 346 g/mol. The van der Waals surface area contributed by atoms with Crippen LogP contribution in [0.15, 0.2) is 22.7 Å². The number of nitrogens with zero attached hydrogens (tertiary/aromatic N) is 3. The summed E-state index contributed by atoms with van der Waals surface area (Å²) in [6.07, 6.45) is 1.01. The van der Waals surface area contributed by atoms with Gasteiger partial charge >= 0.3 is 0 Å². The highest BCUT2D eigenvalue weighted by molar-refractivity contribution is 6.31. The predicted molar refractivity (Wildman–Crippen MR) is 84.7 cm³/mol. The average Bonchev–Trinajstić information content (AvgIpc) is 2.88. The van der Waals surface area contributed by atoms with E-state index in [9.17, 15) is 10.1 Å². The molecule has 0 amide bonds. The number of non-ortho nitro benzene ring substituents is 1. The fourth-order valence-corrected chi connectivity index (χ4v) is 2.02. The van der Waals surface area contributed by atoms with Crippen LogP contribution in [0, 0.1) is 10.1 Å². The molecule has 0 saturated heterocycles. The first-order valence-corrected chi connectivity index (χ1v) is 6.79. The standard InChI is InChI=1S/C13H15ClN4O3.ClH/c1-8(15-2)5-12-16-13(21-17-12)6-9-3-4-10(18(19)20)7-11(9)14;/h3-4,7-8,15H,5-6H2,1-2H3;1H. The average molecular weight is 347 g/mol. The third kappa shape index (κ3) is 4.66. The molecule has 2 rings (SSSR count). The molecule has 1 aromatic carbocycles. The van der Waals surface area contributed by atoms with Crippen molar-refractivity contribution in [2.45, 2.75) is 25.8 Å². The zero-order chi connectivity index (χ0) is 15.4. The maximum atomic E-state index is 10.7. The molecular weight excluding hydrogens is 331 g/mol. The van der Waals surface area contributed by atoms with Gasteiger partial charge in [-0.2, -0.15) is 4.98 Å². The summed E-state index contributed by atoms with van der Waals surface area (Å²) in [5, 5.41) is 18.0.